The van der Waals surface area contributed by atoms with Crippen LogP contribution in [0.1, 0.15) is 18.9 Å². The van der Waals surface area contributed by atoms with Gasteiger partial charge in [-0.05, 0) is 61.7 Å². The van der Waals surface area contributed by atoms with E-state index < -0.39 is 6.10 Å². The first kappa shape index (κ1) is 20.4. The van der Waals surface area contributed by atoms with Gasteiger partial charge in [0.25, 0.3) is 5.91 Å². The number of hydrogen-bond donors (Lipinski definition) is 1. The van der Waals surface area contributed by atoms with Crippen molar-refractivity contribution in [1.29, 1.82) is 0 Å². The lowest BCUT2D eigenvalue weighted by Gasteiger charge is -2.15. The molecule has 1 N–H and O–H groups in total. The Kier molecular flexibility index (Phi) is 7.79. The lowest BCUT2D eigenvalue weighted by molar-refractivity contribution is -0.127. The van der Waals surface area contributed by atoms with Gasteiger partial charge in [-0.15, -0.1) is 0 Å². The fraction of sp³-hybridized carbons (Fsp3) is 0.381. The van der Waals surface area contributed by atoms with Crippen molar-refractivity contribution in [1.82, 2.24) is 5.32 Å². The van der Waals surface area contributed by atoms with Crippen LogP contribution in [0.5, 0.6) is 23.0 Å². The quantitative estimate of drug-likeness (QED) is 0.648. The normalized spacial score (nSPS) is 11.4. The van der Waals surface area contributed by atoms with Gasteiger partial charge in [-0.2, -0.15) is 0 Å². The molecule has 0 aliphatic rings. The monoisotopic (exact) mass is 373 g/mol. The molecule has 0 aliphatic heterocycles. The molecule has 0 fully saturated rings. The van der Waals surface area contributed by atoms with E-state index in [2.05, 4.69) is 5.32 Å². The Labute approximate surface area is 160 Å². The standard InChI is InChI=1S/C21H27NO5/c1-15(27-18-10-8-17(24-2)9-11-18)21(23)22-13-5-6-16-7-12-19(25-3)20(14-16)26-4/h7-12,14-15H,5-6,13H2,1-4H3,(H,22,23)/t15-/m0/s1. The van der Waals surface area contributed by atoms with E-state index in [1.54, 1.807) is 52.5 Å². The van der Waals surface area contributed by atoms with Crippen LogP contribution in [0.4, 0.5) is 0 Å². The highest BCUT2D eigenvalue weighted by Gasteiger charge is 2.14. The number of methoxy groups -OCH3 is 3. The Morgan fingerprint density at radius 1 is 0.926 bits per heavy atom. The number of amides is 1. The van der Waals surface area contributed by atoms with Crippen LogP contribution < -0.4 is 24.3 Å². The van der Waals surface area contributed by atoms with Crippen LogP contribution in [0.3, 0.4) is 0 Å². The Bertz CT molecular complexity index is 730. The molecule has 1 atom stereocenters. The number of nitrogens with one attached hydrogen (secondary N) is 1. The van der Waals surface area contributed by atoms with Crippen LogP contribution in [0.15, 0.2) is 42.5 Å². The summed E-state index contributed by atoms with van der Waals surface area (Å²) in [7, 11) is 4.84. The summed E-state index contributed by atoms with van der Waals surface area (Å²) in [5.74, 6) is 2.65. The van der Waals surface area contributed by atoms with Gasteiger partial charge in [0.2, 0.25) is 0 Å². The molecule has 2 rings (SSSR count). The zero-order valence-electron chi connectivity index (χ0n) is 16.3. The van der Waals surface area contributed by atoms with Gasteiger partial charge in [0.05, 0.1) is 21.3 Å². The van der Waals surface area contributed by atoms with E-state index in [1.165, 1.54) is 0 Å². The summed E-state index contributed by atoms with van der Waals surface area (Å²) in [6.07, 6.45) is 1.07. The molecule has 6 nitrogen and oxygen atoms in total. The van der Waals surface area contributed by atoms with Gasteiger partial charge in [-0.3, -0.25) is 4.79 Å². The number of aryl methyl sites for hydroxylation is 1. The number of benzene rings is 2. The van der Waals surface area contributed by atoms with Crippen LogP contribution in [0.25, 0.3) is 0 Å². The molecule has 0 spiro atoms. The molecule has 0 radical (unpaired) electrons. The van der Waals surface area contributed by atoms with Crippen molar-refractivity contribution in [2.24, 2.45) is 0 Å². The summed E-state index contributed by atoms with van der Waals surface area (Å²) >= 11 is 0. The fourth-order valence-corrected chi connectivity index (χ4v) is 2.60. The first-order chi connectivity index (χ1) is 13.1. The molecular formula is C21H27NO5. The van der Waals surface area contributed by atoms with Crippen LogP contribution in [0.2, 0.25) is 0 Å². The van der Waals surface area contributed by atoms with E-state index in [1.807, 2.05) is 18.2 Å². The van der Waals surface area contributed by atoms with E-state index >= 15 is 0 Å². The van der Waals surface area contributed by atoms with E-state index in [-0.39, 0.29) is 5.91 Å². The Morgan fingerprint density at radius 3 is 2.22 bits per heavy atom. The maximum Gasteiger partial charge on any atom is 0.260 e. The van der Waals surface area contributed by atoms with Crippen LogP contribution in [-0.4, -0.2) is 39.9 Å². The van der Waals surface area contributed by atoms with Gasteiger partial charge in [0.1, 0.15) is 11.5 Å². The summed E-state index contributed by atoms with van der Waals surface area (Å²) < 4.78 is 21.3. The SMILES string of the molecule is COc1ccc(O[C@@H](C)C(=O)NCCCc2ccc(OC)c(OC)c2)cc1. The van der Waals surface area contributed by atoms with Crippen LogP contribution >= 0.6 is 0 Å². The van der Waals surface area contributed by atoms with Gasteiger partial charge in [0, 0.05) is 6.54 Å². The average Bonchev–Trinajstić information content (AvgIpc) is 2.71. The lowest BCUT2D eigenvalue weighted by atomic mass is 10.1. The Hall–Kier alpha value is -2.89. The second kappa shape index (κ2) is 10.3. The maximum atomic E-state index is 12.2. The number of carbonyl (C=O) groups excluding carboxylic acids is 1. The van der Waals surface area contributed by atoms with Gasteiger partial charge in [0.15, 0.2) is 17.6 Å². The van der Waals surface area contributed by atoms with Crippen molar-refractivity contribution in [2.45, 2.75) is 25.9 Å². The minimum atomic E-state index is -0.570. The molecule has 1 amide bonds. The minimum Gasteiger partial charge on any atom is -0.497 e. The van der Waals surface area contributed by atoms with Gasteiger partial charge in [-0.25, -0.2) is 0 Å². The molecule has 0 aromatic heterocycles. The molecule has 146 valence electrons. The van der Waals surface area contributed by atoms with E-state index in [9.17, 15) is 4.79 Å². The first-order valence-corrected chi connectivity index (χ1v) is 8.86. The molecule has 0 saturated carbocycles. The maximum absolute atomic E-state index is 12.2. The third-order valence-electron chi connectivity index (χ3n) is 4.13. The third kappa shape index (κ3) is 6.09. The van der Waals surface area contributed by atoms with Gasteiger partial charge >= 0.3 is 0 Å². The summed E-state index contributed by atoms with van der Waals surface area (Å²) in [5.41, 5.74) is 1.13. The Morgan fingerprint density at radius 2 is 1.59 bits per heavy atom. The summed E-state index contributed by atoms with van der Waals surface area (Å²) in [6, 6.07) is 13.0. The topological polar surface area (TPSA) is 66.0 Å². The highest BCUT2D eigenvalue weighted by molar-refractivity contribution is 5.80. The summed E-state index contributed by atoms with van der Waals surface area (Å²) in [5, 5.41) is 2.90. The molecular weight excluding hydrogens is 346 g/mol. The van der Waals surface area contributed by atoms with Crippen LogP contribution in [-0.2, 0) is 11.2 Å². The molecule has 0 unspecified atom stereocenters. The average molecular weight is 373 g/mol. The molecule has 6 heteroatoms. The zero-order chi connectivity index (χ0) is 19.6. The first-order valence-electron chi connectivity index (χ1n) is 8.86. The highest BCUT2D eigenvalue weighted by Crippen LogP contribution is 2.27. The second-order valence-electron chi connectivity index (χ2n) is 6.02. The Balaban J connectivity index is 1.74. The molecule has 27 heavy (non-hydrogen) atoms. The van der Waals surface area contributed by atoms with E-state index in [4.69, 9.17) is 18.9 Å². The highest BCUT2D eigenvalue weighted by atomic mass is 16.5. The number of ether oxygens (including phenoxy) is 4. The number of carbonyl (C=O) groups is 1. The third-order valence-corrected chi connectivity index (χ3v) is 4.13. The van der Waals surface area contributed by atoms with Crippen molar-refractivity contribution in [3.63, 3.8) is 0 Å². The number of hydrogen-bond acceptors (Lipinski definition) is 5. The summed E-state index contributed by atoms with van der Waals surface area (Å²) in [6.45, 7) is 2.30. The molecule has 0 bridgehead atoms. The molecule has 2 aromatic rings. The molecule has 0 saturated heterocycles. The number of rotatable bonds is 10. The van der Waals surface area contributed by atoms with Crippen molar-refractivity contribution in [3.8, 4) is 23.0 Å². The molecule has 0 heterocycles. The van der Waals surface area contributed by atoms with Crippen molar-refractivity contribution >= 4 is 5.91 Å². The van der Waals surface area contributed by atoms with E-state index in [0.717, 1.165) is 24.2 Å². The molecule has 2 aromatic carbocycles. The zero-order valence-corrected chi connectivity index (χ0v) is 16.3. The predicted octanol–water partition coefficient (Wildman–Crippen LogP) is 3.23. The molecule has 0 aliphatic carbocycles. The minimum absolute atomic E-state index is 0.141. The van der Waals surface area contributed by atoms with Gasteiger partial charge in [-0.1, -0.05) is 6.07 Å². The van der Waals surface area contributed by atoms with Crippen LogP contribution in [0, 0.1) is 0 Å². The largest absolute Gasteiger partial charge is 0.497 e. The van der Waals surface area contributed by atoms with Crippen molar-refractivity contribution in [2.75, 3.05) is 27.9 Å². The van der Waals surface area contributed by atoms with Crippen molar-refractivity contribution < 1.29 is 23.7 Å². The van der Waals surface area contributed by atoms with Gasteiger partial charge < -0.3 is 24.3 Å². The lowest BCUT2D eigenvalue weighted by Crippen LogP contribution is -2.36. The van der Waals surface area contributed by atoms with E-state index in [0.29, 0.717) is 23.8 Å². The predicted molar refractivity (Wildman–Crippen MR) is 104 cm³/mol. The summed E-state index contributed by atoms with van der Waals surface area (Å²) in [4.78, 5) is 12.2. The second-order valence-corrected chi connectivity index (χ2v) is 6.02. The fourth-order valence-electron chi connectivity index (χ4n) is 2.60. The smallest absolute Gasteiger partial charge is 0.260 e. The van der Waals surface area contributed by atoms with Crippen molar-refractivity contribution in [3.05, 3.63) is 48.0 Å².